The fourth-order valence-corrected chi connectivity index (χ4v) is 2.58. The van der Waals surface area contributed by atoms with E-state index in [9.17, 15) is 4.79 Å². The zero-order valence-electron chi connectivity index (χ0n) is 10.3. The van der Waals surface area contributed by atoms with Crippen molar-refractivity contribution in [1.82, 2.24) is 0 Å². The van der Waals surface area contributed by atoms with Crippen molar-refractivity contribution < 1.29 is 14.3 Å². The zero-order chi connectivity index (χ0) is 13.3. The van der Waals surface area contributed by atoms with Gasteiger partial charge in [-0.3, -0.25) is 4.79 Å². The first-order valence-corrected chi connectivity index (χ1v) is 6.45. The van der Waals surface area contributed by atoms with Crippen molar-refractivity contribution in [3.63, 3.8) is 0 Å². The van der Waals surface area contributed by atoms with Crippen molar-refractivity contribution in [3.8, 4) is 5.75 Å². The first kappa shape index (κ1) is 13.7. The number of rotatable bonds is 3. The third-order valence-corrected chi connectivity index (χ3v) is 3.79. The standard InChI is InChI=1S/C13H14Cl2O3/c1-13(4-3-5-18-13)12(16)8-6-10(15)11(17-2)7-9(8)14/h6-7H,3-5H2,1-2H3. The van der Waals surface area contributed by atoms with Gasteiger partial charge in [-0.1, -0.05) is 23.2 Å². The molecule has 0 bridgehead atoms. The summed E-state index contributed by atoms with van der Waals surface area (Å²) in [6, 6.07) is 3.09. The Labute approximate surface area is 116 Å². The molecule has 1 aliphatic rings. The van der Waals surface area contributed by atoms with Crippen LogP contribution in [0.1, 0.15) is 30.1 Å². The van der Waals surface area contributed by atoms with E-state index in [0.717, 1.165) is 6.42 Å². The number of methoxy groups -OCH3 is 1. The van der Waals surface area contributed by atoms with Crippen molar-refractivity contribution in [2.75, 3.05) is 13.7 Å². The molecule has 5 heteroatoms. The summed E-state index contributed by atoms with van der Waals surface area (Å²) < 4.78 is 10.6. The lowest BCUT2D eigenvalue weighted by Crippen LogP contribution is -2.34. The van der Waals surface area contributed by atoms with Gasteiger partial charge in [-0.2, -0.15) is 0 Å². The van der Waals surface area contributed by atoms with Gasteiger partial charge in [0.25, 0.3) is 0 Å². The maximum Gasteiger partial charge on any atom is 0.195 e. The van der Waals surface area contributed by atoms with E-state index in [1.54, 1.807) is 13.0 Å². The molecular formula is C13H14Cl2O3. The third-order valence-electron chi connectivity index (χ3n) is 3.19. The minimum Gasteiger partial charge on any atom is -0.495 e. The van der Waals surface area contributed by atoms with Crippen molar-refractivity contribution in [2.45, 2.75) is 25.4 Å². The highest BCUT2D eigenvalue weighted by Gasteiger charge is 2.39. The second kappa shape index (κ2) is 5.08. The first-order valence-electron chi connectivity index (χ1n) is 5.70. The number of carbonyl (C=O) groups excluding carboxylic acids is 1. The monoisotopic (exact) mass is 288 g/mol. The minimum atomic E-state index is -0.790. The number of hydrogen-bond donors (Lipinski definition) is 0. The molecule has 0 amide bonds. The van der Waals surface area contributed by atoms with Gasteiger partial charge in [0.05, 0.1) is 17.2 Å². The van der Waals surface area contributed by atoms with Crippen LogP contribution in [0.25, 0.3) is 0 Å². The molecule has 0 aromatic heterocycles. The van der Waals surface area contributed by atoms with E-state index in [2.05, 4.69) is 0 Å². The lowest BCUT2D eigenvalue weighted by Gasteiger charge is -2.22. The highest BCUT2D eigenvalue weighted by molar-refractivity contribution is 6.37. The van der Waals surface area contributed by atoms with Crippen LogP contribution in [0.15, 0.2) is 12.1 Å². The summed E-state index contributed by atoms with van der Waals surface area (Å²) in [6.45, 7) is 2.39. The van der Waals surface area contributed by atoms with E-state index >= 15 is 0 Å². The van der Waals surface area contributed by atoms with Crippen LogP contribution >= 0.6 is 23.2 Å². The Kier molecular flexibility index (Phi) is 3.85. The van der Waals surface area contributed by atoms with E-state index in [1.807, 2.05) is 0 Å². The first-order chi connectivity index (χ1) is 8.48. The Morgan fingerprint density at radius 1 is 1.39 bits per heavy atom. The van der Waals surface area contributed by atoms with Crippen LogP contribution in [0.4, 0.5) is 0 Å². The highest BCUT2D eigenvalue weighted by atomic mass is 35.5. The van der Waals surface area contributed by atoms with Gasteiger partial charge in [0, 0.05) is 18.2 Å². The van der Waals surface area contributed by atoms with Crippen molar-refractivity contribution in [3.05, 3.63) is 27.7 Å². The van der Waals surface area contributed by atoms with E-state index in [1.165, 1.54) is 13.2 Å². The van der Waals surface area contributed by atoms with Crippen molar-refractivity contribution >= 4 is 29.0 Å². The van der Waals surface area contributed by atoms with Crippen LogP contribution in [-0.4, -0.2) is 25.1 Å². The number of halogens is 2. The third kappa shape index (κ3) is 2.35. The predicted octanol–water partition coefficient (Wildman–Crippen LogP) is 3.75. The molecule has 18 heavy (non-hydrogen) atoms. The van der Waals surface area contributed by atoms with E-state index in [0.29, 0.717) is 34.4 Å². The fraction of sp³-hybridized carbons (Fsp3) is 0.462. The summed E-state index contributed by atoms with van der Waals surface area (Å²) in [6.07, 6.45) is 1.58. The molecule has 0 radical (unpaired) electrons. The molecule has 1 atom stereocenters. The highest BCUT2D eigenvalue weighted by Crippen LogP contribution is 2.36. The largest absolute Gasteiger partial charge is 0.495 e. The Balaban J connectivity index is 2.39. The predicted molar refractivity (Wildman–Crippen MR) is 70.9 cm³/mol. The van der Waals surface area contributed by atoms with E-state index in [4.69, 9.17) is 32.7 Å². The molecule has 0 aliphatic carbocycles. The molecule has 1 fully saturated rings. The van der Waals surface area contributed by atoms with Gasteiger partial charge in [-0.05, 0) is 25.8 Å². The Bertz CT molecular complexity index is 479. The average Bonchev–Trinajstić information content (AvgIpc) is 2.79. The fourth-order valence-electron chi connectivity index (χ4n) is 2.10. The van der Waals surface area contributed by atoms with Gasteiger partial charge >= 0.3 is 0 Å². The number of Topliss-reactive ketones (excluding diaryl/α,β-unsaturated/α-hetero) is 1. The van der Waals surface area contributed by atoms with Gasteiger partial charge < -0.3 is 9.47 Å². The molecule has 3 nitrogen and oxygen atoms in total. The number of ketones is 1. The molecule has 2 rings (SSSR count). The molecule has 1 heterocycles. The SMILES string of the molecule is COc1cc(Cl)c(C(=O)C2(C)CCCO2)cc1Cl. The summed E-state index contributed by atoms with van der Waals surface area (Å²) in [5, 5.41) is 0.699. The van der Waals surface area contributed by atoms with E-state index in [-0.39, 0.29) is 5.78 Å². The molecule has 1 aromatic rings. The molecule has 0 spiro atoms. The number of hydrogen-bond acceptors (Lipinski definition) is 3. The summed E-state index contributed by atoms with van der Waals surface area (Å²) in [5.41, 5.74) is -0.409. The molecule has 1 aromatic carbocycles. The second-order valence-corrected chi connectivity index (χ2v) is 5.29. The van der Waals surface area contributed by atoms with Crippen LogP contribution < -0.4 is 4.74 Å². The molecule has 98 valence electrons. The molecule has 1 aliphatic heterocycles. The lowest BCUT2D eigenvalue weighted by molar-refractivity contribution is 0.0213. The lowest BCUT2D eigenvalue weighted by atomic mass is 9.92. The molecular weight excluding hydrogens is 275 g/mol. The van der Waals surface area contributed by atoms with Gasteiger partial charge in [0.2, 0.25) is 0 Å². The molecule has 0 saturated carbocycles. The topological polar surface area (TPSA) is 35.5 Å². The smallest absolute Gasteiger partial charge is 0.195 e. The van der Waals surface area contributed by atoms with Crippen LogP contribution in [0.3, 0.4) is 0 Å². The van der Waals surface area contributed by atoms with Gasteiger partial charge in [0.15, 0.2) is 5.78 Å². The maximum atomic E-state index is 12.4. The number of benzene rings is 1. The molecule has 1 saturated heterocycles. The Morgan fingerprint density at radius 3 is 2.67 bits per heavy atom. The van der Waals surface area contributed by atoms with Crippen molar-refractivity contribution in [2.24, 2.45) is 0 Å². The van der Waals surface area contributed by atoms with Crippen LogP contribution in [0, 0.1) is 0 Å². The number of ether oxygens (including phenoxy) is 2. The quantitative estimate of drug-likeness (QED) is 0.795. The normalized spacial score (nSPS) is 23.1. The number of carbonyl (C=O) groups is 1. The van der Waals surface area contributed by atoms with Crippen LogP contribution in [-0.2, 0) is 4.74 Å². The molecule has 1 unspecified atom stereocenters. The van der Waals surface area contributed by atoms with Crippen LogP contribution in [0.2, 0.25) is 10.0 Å². The Hall–Kier alpha value is -0.770. The zero-order valence-corrected chi connectivity index (χ0v) is 11.8. The van der Waals surface area contributed by atoms with Gasteiger partial charge in [0.1, 0.15) is 11.4 Å². The summed E-state index contributed by atoms with van der Waals surface area (Å²) in [7, 11) is 1.50. The van der Waals surface area contributed by atoms with E-state index < -0.39 is 5.60 Å². The summed E-state index contributed by atoms with van der Waals surface area (Å²) in [4.78, 5) is 12.4. The maximum absolute atomic E-state index is 12.4. The Morgan fingerprint density at radius 2 is 2.11 bits per heavy atom. The van der Waals surface area contributed by atoms with Crippen molar-refractivity contribution in [1.29, 1.82) is 0 Å². The second-order valence-electron chi connectivity index (χ2n) is 4.48. The van der Waals surface area contributed by atoms with Crippen LogP contribution in [0.5, 0.6) is 5.75 Å². The van der Waals surface area contributed by atoms with Gasteiger partial charge in [-0.15, -0.1) is 0 Å². The summed E-state index contributed by atoms with van der Waals surface area (Å²) in [5.74, 6) is 0.324. The van der Waals surface area contributed by atoms with Gasteiger partial charge in [-0.25, -0.2) is 0 Å². The average molecular weight is 289 g/mol. The minimum absolute atomic E-state index is 0.130. The summed E-state index contributed by atoms with van der Waals surface area (Å²) >= 11 is 12.1. The molecule has 0 N–H and O–H groups in total.